The Labute approximate surface area is 131 Å². The molecule has 0 atom stereocenters. The standard InChI is InChI=1S/C13H16IN3O3/c1-3-5-20-12-10(14)6-9(7-11(12)19-4-2)8-16-17-13(15)18/h3,6-8H,1,4-5H2,2H3,(H3,15,17,18)/b16-8+. The molecule has 0 saturated heterocycles. The second kappa shape index (κ2) is 8.41. The second-order valence-corrected chi connectivity index (χ2v) is 4.76. The molecule has 0 aliphatic heterocycles. The molecular formula is C13H16IN3O3. The predicted molar refractivity (Wildman–Crippen MR) is 86.3 cm³/mol. The Bertz CT molecular complexity index is 518. The van der Waals surface area contributed by atoms with Gasteiger partial charge in [-0.1, -0.05) is 12.7 Å². The molecule has 0 spiro atoms. The van der Waals surface area contributed by atoms with Gasteiger partial charge in [0, 0.05) is 0 Å². The zero-order chi connectivity index (χ0) is 15.0. The van der Waals surface area contributed by atoms with Crippen LogP contribution in [0.4, 0.5) is 4.79 Å². The number of rotatable bonds is 7. The molecule has 7 heteroatoms. The Morgan fingerprint density at radius 2 is 2.30 bits per heavy atom. The topological polar surface area (TPSA) is 85.9 Å². The largest absolute Gasteiger partial charge is 0.490 e. The van der Waals surface area contributed by atoms with Gasteiger partial charge in [0.15, 0.2) is 11.5 Å². The Morgan fingerprint density at radius 1 is 1.55 bits per heavy atom. The number of urea groups is 1. The second-order valence-electron chi connectivity index (χ2n) is 3.60. The van der Waals surface area contributed by atoms with E-state index in [4.69, 9.17) is 15.2 Å². The monoisotopic (exact) mass is 389 g/mol. The van der Waals surface area contributed by atoms with Crippen LogP contribution < -0.4 is 20.6 Å². The molecule has 0 heterocycles. The third-order valence-corrected chi connectivity index (χ3v) is 2.87. The molecule has 0 aromatic heterocycles. The van der Waals surface area contributed by atoms with Gasteiger partial charge in [-0.3, -0.25) is 0 Å². The van der Waals surface area contributed by atoms with Gasteiger partial charge >= 0.3 is 6.03 Å². The third kappa shape index (κ3) is 5.08. The van der Waals surface area contributed by atoms with Crippen LogP contribution in [0, 0.1) is 3.57 Å². The maximum atomic E-state index is 10.5. The molecule has 0 aliphatic carbocycles. The van der Waals surface area contributed by atoms with E-state index < -0.39 is 6.03 Å². The van der Waals surface area contributed by atoms with Crippen LogP contribution in [-0.4, -0.2) is 25.5 Å². The van der Waals surface area contributed by atoms with Crippen LogP contribution in [0.2, 0.25) is 0 Å². The molecule has 1 rings (SSSR count). The van der Waals surface area contributed by atoms with Gasteiger partial charge in [-0.05, 0) is 47.2 Å². The highest BCUT2D eigenvalue weighted by molar-refractivity contribution is 14.1. The molecule has 0 bridgehead atoms. The predicted octanol–water partition coefficient (Wildman–Crippen LogP) is 2.26. The summed E-state index contributed by atoms with van der Waals surface area (Å²) in [4.78, 5) is 10.5. The van der Waals surface area contributed by atoms with E-state index in [1.54, 1.807) is 12.1 Å². The van der Waals surface area contributed by atoms with Crippen LogP contribution in [0.1, 0.15) is 12.5 Å². The Balaban J connectivity index is 3.02. The highest BCUT2D eigenvalue weighted by atomic mass is 127. The zero-order valence-electron chi connectivity index (χ0n) is 11.1. The Kier molecular flexibility index (Phi) is 6.85. The molecule has 0 saturated carbocycles. The summed E-state index contributed by atoms with van der Waals surface area (Å²) < 4.78 is 12.0. The van der Waals surface area contributed by atoms with Gasteiger partial charge in [0.2, 0.25) is 0 Å². The molecule has 1 aromatic carbocycles. The summed E-state index contributed by atoms with van der Waals surface area (Å²) in [5, 5.41) is 3.71. The van der Waals surface area contributed by atoms with E-state index in [0.29, 0.717) is 24.7 Å². The minimum absolute atomic E-state index is 0.396. The first kappa shape index (κ1) is 16.3. The quantitative estimate of drug-likeness (QED) is 0.325. The van der Waals surface area contributed by atoms with Crippen molar-refractivity contribution in [1.29, 1.82) is 0 Å². The molecule has 1 aromatic rings. The summed E-state index contributed by atoms with van der Waals surface area (Å²) in [5.41, 5.74) is 7.82. The van der Waals surface area contributed by atoms with E-state index in [0.717, 1.165) is 9.13 Å². The number of nitrogens with zero attached hydrogens (tertiary/aromatic N) is 1. The fourth-order valence-electron chi connectivity index (χ4n) is 1.38. The molecule has 108 valence electrons. The van der Waals surface area contributed by atoms with Crippen molar-refractivity contribution in [1.82, 2.24) is 5.43 Å². The maximum Gasteiger partial charge on any atom is 0.332 e. The summed E-state index contributed by atoms with van der Waals surface area (Å²) in [6.07, 6.45) is 3.14. The summed E-state index contributed by atoms with van der Waals surface area (Å²) >= 11 is 2.14. The molecule has 20 heavy (non-hydrogen) atoms. The molecular weight excluding hydrogens is 373 g/mol. The number of amides is 2. The number of hydrogen-bond donors (Lipinski definition) is 2. The molecule has 2 amide bonds. The maximum absolute atomic E-state index is 10.5. The average molecular weight is 389 g/mol. The fourth-order valence-corrected chi connectivity index (χ4v) is 2.16. The number of carbonyl (C=O) groups excluding carboxylic acids is 1. The Morgan fingerprint density at radius 3 is 2.90 bits per heavy atom. The number of primary amides is 1. The number of hydrazone groups is 1. The zero-order valence-corrected chi connectivity index (χ0v) is 13.2. The number of hydrogen-bond acceptors (Lipinski definition) is 4. The van der Waals surface area contributed by atoms with Gasteiger partial charge in [0.25, 0.3) is 0 Å². The van der Waals surface area contributed by atoms with Crippen molar-refractivity contribution in [3.8, 4) is 11.5 Å². The number of benzene rings is 1. The van der Waals surface area contributed by atoms with Crippen LogP contribution >= 0.6 is 22.6 Å². The van der Waals surface area contributed by atoms with Gasteiger partial charge < -0.3 is 15.2 Å². The van der Waals surface area contributed by atoms with E-state index in [1.807, 2.05) is 13.0 Å². The molecule has 3 N–H and O–H groups in total. The van der Waals surface area contributed by atoms with Crippen molar-refractivity contribution < 1.29 is 14.3 Å². The van der Waals surface area contributed by atoms with Crippen molar-refractivity contribution in [3.63, 3.8) is 0 Å². The van der Waals surface area contributed by atoms with Crippen LogP contribution in [-0.2, 0) is 0 Å². The number of halogens is 1. The van der Waals surface area contributed by atoms with Crippen LogP contribution in [0.25, 0.3) is 0 Å². The third-order valence-electron chi connectivity index (χ3n) is 2.07. The number of ether oxygens (including phenoxy) is 2. The van der Waals surface area contributed by atoms with Gasteiger partial charge in [0.05, 0.1) is 16.4 Å². The van der Waals surface area contributed by atoms with Gasteiger partial charge in [-0.15, -0.1) is 0 Å². The lowest BCUT2D eigenvalue weighted by atomic mass is 10.2. The lowest BCUT2D eigenvalue weighted by Gasteiger charge is -2.13. The van der Waals surface area contributed by atoms with Crippen LogP contribution in [0.15, 0.2) is 29.9 Å². The van der Waals surface area contributed by atoms with Crippen molar-refractivity contribution in [3.05, 3.63) is 33.9 Å². The lowest BCUT2D eigenvalue weighted by molar-refractivity contribution is 0.249. The number of nitrogens with two attached hydrogens (primary N) is 1. The Hall–Kier alpha value is -1.77. The van der Waals surface area contributed by atoms with E-state index >= 15 is 0 Å². The van der Waals surface area contributed by atoms with E-state index in [9.17, 15) is 4.79 Å². The van der Waals surface area contributed by atoms with Gasteiger partial charge in [-0.2, -0.15) is 5.10 Å². The van der Waals surface area contributed by atoms with Gasteiger partial charge in [-0.25, -0.2) is 10.2 Å². The highest BCUT2D eigenvalue weighted by Crippen LogP contribution is 2.33. The summed E-state index contributed by atoms with van der Waals surface area (Å²) in [6, 6.07) is 2.91. The number of carbonyl (C=O) groups is 1. The van der Waals surface area contributed by atoms with E-state index in [2.05, 4.69) is 39.7 Å². The molecule has 6 nitrogen and oxygen atoms in total. The minimum Gasteiger partial charge on any atom is -0.490 e. The van der Waals surface area contributed by atoms with Crippen molar-refractivity contribution in [2.75, 3.05) is 13.2 Å². The average Bonchev–Trinajstić information content (AvgIpc) is 2.38. The summed E-state index contributed by atoms with van der Waals surface area (Å²) in [5.74, 6) is 1.27. The number of nitrogens with one attached hydrogen (secondary N) is 1. The smallest absolute Gasteiger partial charge is 0.332 e. The molecule has 0 aliphatic rings. The minimum atomic E-state index is -0.716. The van der Waals surface area contributed by atoms with Crippen molar-refractivity contribution in [2.45, 2.75) is 6.92 Å². The summed E-state index contributed by atoms with van der Waals surface area (Å²) in [6.45, 7) is 6.41. The van der Waals surface area contributed by atoms with E-state index in [-0.39, 0.29) is 0 Å². The highest BCUT2D eigenvalue weighted by Gasteiger charge is 2.11. The molecule has 0 radical (unpaired) electrons. The van der Waals surface area contributed by atoms with Crippen molar-refractivity contribution in [2.24, 2.45) is 10.8 Å². The van der Waals surface area contributed by atoms with E-state index in [1.165, 1.54) is 6.21 Å². The molecule has 0 unspecified atom stereocenters. The first-order valence-corrected chi connectivity index (χ1v) is 6.94. The van der Waals surface area contributed by atoms with Gasteiger partial charge in [0.1, 0.15) is 6.61 Å². The lowest BCUT2D eigenvalue weighted by Crippen LogP contribution is -2.24. The van der Waals surface area contributed by atoms with Crippen LogP contribution in [0.3, 0.4) is 0 Å². The summed E-state index contributed by atoms with van der Waals surface area (Å²) in [7, 11) is 0. The normalized spacial score (nSPS) is 10.3. The SMILES string of the molecule is C=CCOc1c(I)cc(/C=N/NC(N)=O)cc1OCC. The first-order valence-electron chi connectivity index (χ1n) is 5.87. The van der Waals surface area contributed by atoms with Crippen molar-refractivity contribution >= 4 is 34.8 Å². The first-order chi connectivity index (χ1) is 9.58. The molecule has 0 fully saturated rings. The fraction of sp³-hybridized carbons (Fsp3) is 0.231. The van der Waals surface area contributed by atoms with Crippen LogP contribution in [0.5, 0.6) is 11.5 Å².